The van der Waals surface area contributed by atoms with Gasteiger partial charge in [0.05, 0.1) is 6.10 Å². The first-order valence-electron chi connectivity index (χ1n) is 7.17. The third-order valence-electron chi connectivity index (χ3n) is 4.33. The summed E-state index contributed by atoms with van der Waals surface area (Å²) in [5.74, 6) is 0.931. The number of ether oxygens (including phenoxy) is 2. The van der Waals surface area contributed by atoms with E-state index in [-0.39, 0.29) is 5.41 Å². The molecular formula is C17H25NO2. The molecule has 2 rings (SSSR count). The van der Waals surface area contributed by atoms with Crippen molar-refractivity contribution in [3.8, 4) is 5.75 Å². The highest BCUT2D eigenvalue weighted by molar-refractivity contribution is 5.33. The van der Waals surface area contributed by atoms with Crippen molar-refractivity contribution in [3.63, 3.8) is 0 Å². The lowest BCUT2D eigenvalue weighted by molar-refractivity contribution is -0.0979. The van der Waals surface area contributed by atoms with Crippen LogP contribution in [-0.4, -0.2) is 25.9 Å². The Balaban J connectivity index is 1.93. The first-order valence-corrected chi connectivity index (χ1v) is 7.17. The third kappa shape index (κ3) is 3.05. The Hall–Kier alpha value is -1.32. The molecule has 1 aliphatic carbocycles. The van der Waals surface area contributed by atoms with Crippen molar-refractivity contribution in [2.24, 2.45) is 5.41 Å². The first-order chi connectivity index (χ1) is 9.59. The van der Waals surface area contributed by atoms with Crippen LogP contribution in [0.5, 0.6) is 5.75 Å². The summed E-state index contributed by atoms with van der Waals surface area (Å²) in [4.78, 5) is 0. The van der Waals surface area contributed by atoms with Gasteiger partial charge >= 0.3 is 0 Å². The molecule has 0 amide bonds. The maximum Gasteiger partial charge on any atom is 0.124 e. The van der Waals surface area contributed by atoms with Gasteiger partial charge in [0.1, 0.15) is 12.4 Å². The molecule has 0 heterocycles. The molecule has 0 bridgehead atoms. The smallest absolute Gasteiger partial charge is 0.124 e. The van der Waals surface area contributed by atoms with E-state index in [1.807, 2.05) is 18.2 Å². The highest BCUT2D eigenvalue weighted by Crippen LogP contribution is 2.42. The fraction of sp³-hybridized carbons (Fsp3) is 0.529. The lowest BCUT2D eigenvalue weighted by atomic mass is 9.64. The van der Waals surface area contributed by atoms with Gasteiger partial charge in [0.15, 0.2) is 0 Å². The predicted molar refractivity (Wildman–Crippen MR) is 82.0 cm³/mol. The van der Waals surface area contributed by atoms with Crippen molar-refractivity contribution in [2.45, 2.75) is 39.0 Å². The molecule has 1 N–H and O–H groups in total. The molecular weight excluding hydrogens is 250 g/mol. The molecule has 2 atom stereocenters. The zero-order chi connectivity index (χ0) is 14.6. The van der Waals surface area contributed by atoms with Gasteiger partial charge in [-0.2, -0.15) is 0 Å². The minimum atomic E-state index is 0.186. The van der Waals surface area contributed by atoms with Gasteiger partial charge in [-0.05, 0) is 12.5 Å². The maximum absolute atomic E-state index is 5.68. The lowest BCUT2D eigenvalue weighted by Crippen LogP contribution is -2.60. The topological polar surface area (TPSA) is 30.5 Å². The summed E-state index contributed by atoms with van der Waals surface area (Å²) in [6.45, 7) is 9.55. The molecule has 2 unspecified atom stereocenters. The second-order valence-corrected chi connectivity index (χ2v) is 5.92. The molecule has 110 valence electrons. The number of benzene rings is 1. The van der Waals surface area contributed by atoms with E-state index in [1.54, 1.807) is 13.2 Å². The maximum atomic E-state index is 5.68. The zero-order valence-corrected chi connectivity index (χ0v) is 12.7. The van der Waals surface area contributed by atoms with E-state index in [2.05, 4.69) is 31.8 Å². The third-order valence-corrected chi connectivity index (χ3v) is 4.33. The summed E-state index contributed by atoms with van der Waals surface area (Å²) in [5.41, 5.74) is 1.37. The normalized spacial score (nSPS) is 23.9. The van der Waals surface area contributed by atoms with E-state index < -0.39 is 0 Å². The summed E-state index contributed by atoms with van der Waals surface area (Å²) < 4.78 is 11.2. The molecule has 3 nitrogen and oxygen atoms in total. The zero-order valence-electron chi connectivity index (χ0n) is 12.7. The van der Waals surface area contributed by atoms with E-state index in [4.69, 9.17) is 9.47 Å². The largest absolute Gasteiger partial charge is 0.489 e. The number of nitrogens with one attached hydrogen (secondary N) is 1. The molecule has 1 aromatic carbocycles. The molecule has 0 aromatic heterocycles. The van der Waals surface area contributed by atoms with Crippen LogP contribution in [0, 0.1) is 5.41 Å². The summed E-state index contributed by atoms with van der Waals surface area (Å²) in [5, 5.41) is 3.62. The quantitative estimate of drug-likeness (QED) is 0.775. The number of hydrogen-bond donors (Lipinski definition) is 1. The highest BCUT2D eigenvalue weighted by Gasteiger charge is 2.48. The van der Waals surface area contributed by atoms with E-state index in [1.165, 1.54) is 5.56 Å². The van der Waals surface area contributed by atoms with Crippen molar-refractivity contribution < 1.29 is 9.47 Å². The van der Waals surface area contributed by atoms with Gasteiger partial charge in [-0.25, -0.2) is 0 Å². The van der Waals surface area contributed by atoms with Crippen molar-refractivity contribution in [1.82, 2.24) is 5.32 Å². The number of hydrogen-bond acceptors (Lipinski definition) is 3. The van der Waals surface area contributed by atoms with Gasteiger partial charge in [0.25, 0.3) is 0 Å². The fourth-order valence-electron chi connectivity index (χ4n) is 2.80. The van der Waals surface area contributed by atoms with Gasteiger partial charge in [-0.1, -0.05) is 44.7 Å². The van der Waals surface area contributed by atoms with Crippen LogP contribution in [0.2, 0.25) is 0 Å². The molecule has 0 aliphatic heterocycles. The predicted octanol–water partition coefficient (Wildman–Crippen LogP) is 3.15. The molecule has 0 radical (unpaired) electrons. The second-order valence-electron chi connectivity index (χ2n) is 5.92. The van der Waals surface area contributed by atoms with Crippen LogP contribution >= 0.6 is 0 Å². The molecule has 0 spiro atoms. The molecule has 1 saturated carbocycles. The van der Waals surface area contributed by atoms with Crippen molar-refractivity contribution >= 4 is 0 Å². The molecule has 3 heteroatoms. The highest BCUT2D eigenvalue weighted by atomic mass is 16.5. The Morgan fingerprint density at radius 3 is 2.80 bits per heavy atom. The van der Waals surface area contributed by atoms with Gasteiger partial charge in [0, 0.05) is 30.7 Å². The minimum Gasteiger partial charge on any atom is -0.489 e. The summed E-state index contributed by atoms with van der Waals surface area (Å²) in [6, 6.07) is 8.63. The minimum absolute atomic E-state index is 0.186. The van der Waals surface area contributed by atoms with Crippen molar-refractivity contribution in [2.75, 3.05) is 13.7 Å². The first kappa shape index (κ1) is 15.1. The number of rotatable bonds is 7. The molecule has 20 heavy (non-hydrogen) atoms. The van der Waals surface area contributed by atoms with Crippen LogP contribution in [0.1, 0.15) is 25.8 Å². The molecule has 0 saturated heterocycles. The van der Waals surface area contributed by atoms with E-state index in [9.17, 15) is 0 Å². The molecule has 1 fully saturated rings. The summed E-state index contributed by atoms with van der Waals surface area (Å²) in [6.07, 6.45) is 3.19. The SMILES string of the molecule is C=CCOc1ccccc1CNC1CC(OC)C1(C)C. The monoisotopic (exact) mass is 275 g/mol. The Morgan fingerprint density at radius 1 is 1.40 bits per heavy atom. The Labute approximate surface area is 122 Å². The van der Waals surface area contributed by atoms with Gasteiger partial charge in [0.2, 0.25) is 0 Å². The van der Waals surface area contributed by atoms with Crippen LogP contribution in [-0.2, 0) is 11.3 Å². The van der Waals surface area contributed by atoms with Crippen LogP contribution < -0.4 is 10.1 Å². The van der Waals surface area contributed by atoms with Crippen molar-refractivity contribution in [1.29, 1.82) is 0 Å². The van der Waals surface area contributed by atoms with Crippen molar-refractivity contribution in [3.05, 3.63) is 42.5 Å². The van der Waals surface area contributed by atoms with Crippen LogP contribution in [0.3, 0.4) is 0 Å². The Morgan fingerprint density at radius 2 is 2.15 bits per heavy atom. The summed E-state index contributed by atoms with van der Waals surface area (Å²) >= 11 is 0. The van der Waals surface area contributed by atoms with E-state index in [0.717, 1.165) is 18.7 Å². The molecule has 1 aliphatic rings. The number of methoxy groups -OCH3 is 1. The Bertz CT molecular complexity index is 456. The van der Waals surface area contributed by atoms with Gasteiger partial charge in [-0.3, -0.25) is 0 Å². The Kier molecular flexibility index (Phi) is 4.84. The average molecular weight is 275 g/mol. The van der Waals surface area contributed by atoms with Crippen LogP contribution in [0.25, 0.3) is 0 Å². The standard InChI is InChI=1S/C17H25NO2/c1-5-10-20-14-9-7-6-8-13(14)12-18-15-11-16(19-4)17(15,2)3/h5-9,15-16,18H,1,10-12H2,2-4H3. The summed E-state index contributed by atoms with van der Waals surface area (Å²) in [7, 11) is 1.79. The molecule has 1 aromatic rings. The number of para-hydroxylation sites is 1. The van der Waals surface area contributed by atoms with Crippen LogP contribution in [0.15, 0.2) is 36.9 Å². The van der Waals surface area contributed by atoms with Gasteiger partial charge < -0.3 is 14.8 Å². The second kappa shape index (κ2) is 6.42. The lowest BCUT2D eigenvalue weighted by Gasteiger charge is -2.51. The fourth-order valence-corrected chi connectivity index (χ4v) is 2.80. The van der Waals surface area contributed by atoms with Gasteiger partial charge in [-0.15, -0.1) is 0 Å². The van der Waals surface area contributed by atoms with Crippen LogP contribution in [0.4, 0.5) is 0 Å². The van der Waals surface area contributed by atoms with E-state index in [0.29, 0.717) is 18.8 Å². The van der Waals surface area contributed by atoms with E-state index >= 15 is 0 Å². The average Bonchev–Trinajstić information content (AvgIpc) is 2.45.